The minimum Gasteiger partial charge on any atom is -0.456 e. The molecule has 8 aromatic carbocycles. The SMILES string of the molecule is c1ccc(-c2nc(-c3cccc4oc5ccccc5c34)nc(-c3cccc4sc5ccc(-c6ccc7c(c6)c6ccccc6n7-c6ccccc6)cc5c34)n2)cc1. The van der Waals surface area contributed by atoms with Crippen molar-refractivity contribution < 1.29 is 4.42 Å². The number of fused-ring (bicyclic) bond motifs is 9. The molecule has 0 saturated heterocycles. The largest absolute Gasteiger partial charge is 0.456 e. The smallest absolute Gasteiger partial charge is 0.164 e. The molecule has 0 N–H and O–H groups in total. The molecule has 266 valence electrons. The molecule has 0 atom stereocenters. The van der Waals surface area contributed by atoms with Gasteiger partial charge < -0.3 is 8.98 Å². The molecule has 6 heteroatoms. The predicted molar refractivity (Wildman–Crippen MR) is 236 cm³/mol. The number of benzene rings is 8. The van der Waals surface area contributed by atoms with E-state index in [1.165, 1.54) is 42.2 Å². The Morgan fingerprint density at radius 3 is 1.82 bits per heavy atom. The maximum atomic E-state index is 6.28. The summed E-state index contributed by atoms with van der Waals surface area (Å²) in [5, 5.41) is 6.82. The third-order valence-corrected chi connectivity index (χ3v) is 12.2. The molecule has 0 saturated carbocycles. The van der Waals surface area contributed by atoms with Crippen LogP contribution in [0.15, 0.2) is 186 Å². The predicted octanol–water partition coefficient (Wildman–Crippen LogP) is 13.9. The van der Waals surface area contributed by atoms with E-state index in [1.54, 1.807) is 11.3 Å². The van der Waals surface area contributed by atoms with E-state index in [2.05, 4.69) is 138 Å². The quantitative estimate of drug-likeness (QED) is 0.176. The summed E-state index contributed by atoms with van der Waals surface area (Å²) in [5.74, 6) is 1.87. The van der Waals surface area contributed by atoms with Gasteiger partial charge in [0.2, 0.25) is 0 Å². The molecule has 0 unspecified atom stereocenters. The Hall–Kier alpha value is -7.41. The normalized spacial score (nSPS) is 11.9. The molecular weight excluding hydrogens is 717 g/mol. The van der Waals surface area contributed by atoms with Crippen LogP contribution < -0.4 is 0 Å². The lowest BCUT2D eigenvalue weighted by Gasteiger charge is -2.10. The molecule has 0 spiro atoms. The van der Waals surface area contributed by atoms with Crippen molar-refractivity contribution in [3.05, 3.63) is 182 Å². The summed E-state index contributed by atoms with van der Waals surface area (Å²) in [6.45, 7) is 0. The molecule has 4 aromatic heterocycles. The van der Waals surface area contributed by atoms with E-state index in [4.69, 9.17) is 19.4 Å². The maximum Gasteiger partial charge on any atom is 0.164 e. The Morgan fingerprint density at radius 2 is 1.00 bits per heavy atom. The van der Waals surface area contributed by atoms with Gasteiger partial charge in [-0.2, -0.15) is 0 Å². The summed E-state index contributed by atoms with van der Waals surface area (Å²) >= 11 is 1.80. The summed E-state index contributed by atoms with van der Waals surface area (Å²) in [6, 6.07) is 63.9. The van der Waals surface area contributed by atoms with E-state index < -0.39 is 0 Å². The molecule has 0 aliphatic carbocycles. The number of rotatable bonds is 5. The summed E-state index contributed by atoms with van der Waals surface area (Å²) in [5.41, 5.74) is 10.3. The number of thiophene rings is 1. The molecule has 4 heterocycles. The van der Waals surface area contributed by atoms with Crippen molar-refractivity contribution >= 4 is 75.3 Å². The third-order valence-electron chi connectivity index (χ3n) is 11.1. The second-order valence-electron chi connectivity index (χ2n) is 14.4. The van der Waals surface area contributed by atoms with Gasteiger partial charge in [0.15, 0.2) is 17.5 Å². The maximum absolute atomic E-state index is 6.28. The van der Waals surface area contributed by atoms with Crippen molar-refractivity contribution in [1.82, 2.24) is 19.5 Å². The number of nitrogens with zero attached hydrogens (tertiary/aromatic N) is 4. The Balaban J connectivity index is 1.06. The molecule has 0 amide bonds. The second-order valence-corrected chi connectivity index (χ2v) is 15.4. The van der Waals surface area contributed by atoms with Gasteiger partial charge in [0, 0.05) is 64.1 Å². The highest BCUT2D eigenvalue weighted by atomic mass is 32.1. The number of para-hydroxylation sites is 3. The first kappa shape index (κ1) is 31.9. The summed E-state index contributed by atoms with van der Waals surface area (Å²) in [7, 11) is 0. The summed E-state index contributed by atoms with van der Waals surface area (Å²) in [4.78, 5) is 15.6. The first-order valence-electron chi connectivity index (χ1n) is 19.0. The molecule has 0 radical (unpaired) electrons. The standard InChI is InChI=1S/C51H30N4OS/c1-3-13-31(14-4-1)49-52-50(37-19-11-23-44-47(37)36-18-8-10-22-43(36)56-44)54-51(53-49)38-20-12-24-46-48(38)40-30-33(26-28-45(40)57-46)32-25-27-42-39(29-32)35-17-7-9-21-41(35)55(42)34-15-5-2-6-16-34/h1-30H. The van der Waals surface area contributed by atoms with Gasteiger partial charge in [-0.15, -0.1) is 11.3 Å². The third kappa shape index (κ3) is 5.04. The van der Waals surface area contributed by atoms with Gasteiger partial charge in [0.1, 0.15) is 11.2 Å². The lowest BCUT2D eigenvalue weighted by Crippen LogP contribution is -2.00. The van der Waals surface area contributed by atoms with E-state index in [0.29, 0.717) is 17.5 Å². The van der Waals surface area contributed by atoms with Crippen LogP contribution in [0.5, 0.6) is 0 Å². The van der Waals surface area contributed by atoms with Crippen molar-refractivity contribution in [2.75, 3.05) is 0 Å². The van der Waals surface area contributed by atoms with Gasteiger partial charge in [-0.25, -0.2) is 15.0 Å². The number of aromatic nitrogens is 4. The van der Waals surface area contributed by atoms with Crippen LogP contribution in [0, 0.1) is 0 Å². The number of hydrogen-bond donors (Lipinski definition) is 0. The van der Waals surface area contributed by atoms with E-state index in [9.17, 15) is 0 Å². The average Bonchev–Trinajstić information content (AvgIpc) is 3.96. The summed E-state index contributed by atoms with van der Waals surface area (Å²) in [6.07, 6.45) is 0. The van der Waals surface area contributed by atoms with Crippen LogP contribution in [-0.2, 0) is 0 Å². The lowest BCUT2D eigenvalue weighted by atomic mass is 9.99. The zero-order valence-electron chi connectivity index (χ0n) is 30.4. The molecule has 0 aliphatic rings. The van der Waals surface area contributed by atoms with Crippen LogP contribution in [-0.4, -0.2) is 19.5 Å². The number of hydrogen-bond acceptors (Lipinski definition) is 5. The van der Waals surface area contributed by atoms with Gasteiger partial charge in [-0.05, 0) is 71.8 Å². The van der Waals surface area contributed by atoms with Crippen molar-refractivity contribution in [3.8, 4) is 51.0 Å². The fourth-order valence-electron chi connectivity index (χ4n) is 8.49. The van der Waals surface area contributed by atoms with Crippen LogP contribution in [0.1, 0.15) is 0 Å². The highest BCUT2D eigenvalue weighted by molar-refractivity contribution is 7.26. The Kier molecular flexibility index (Phi) is 7.03. The van der Waals surface area contributed by atoms with Crippen LogP contribution >= 0.6 is 11.3 Å². The fraction of sp³-hybridized carbons (Fsp3) is 0. The monoisotopic (exact) mass is 746 g/mol. The van der Waals surface area contributed by atoms with Crippen molar-refractivity contribution in [2.45, 2.75) is 0 Å². The van der Waals surface area contributed by atoms with Crippen LogP contribution in [0.3, 0.4) is 0 Å². The van der Waals surface area contributed by atoms with Crippen molar-refractivity contribution in [3.63, 3.8) is 0 Å². The van der Waals surface area contributed by atoms with Crippen LogP contribution in [0.25, 0.3) is 115 Å². The zero-order chi connectivity index (χ0) is 37.5. The van der Waals surface area contributed by atoms with Crippen molar-refractivity contribution in [1.29, 1.82) is 0 Å². The zero-order valence-corrected chi connectivity index (χ0v) is 31.2. The highest BCUT2D eigenvalue weighted by Crippen LogP contribution is 2.43. The Labute approximate surface area is 330 Å². The van der Waals surface area contributed by atoms with Gasteiger partial charge in [0.05, 0.1) is 11.0 Å². The molecule has 0 bridgehead atoms. The summed E-state index contributed by atoms with van der Waals surface area (Å²) < 4.78 is 11.0. The van der Waals surface area contributed by atoms with E-state index in [-0.39, 0.29) is 0 Å². The Bertz CT molecular complexity index is 3530. The molecule has 0 aliphatic heterocycles. The van der Waals surface area contributed by atoms with Crippen LogP contribution in [0.2, 0.25) is 0 Å². The van der Waals surface area contributed by atoms with E-state index in [1.807, 2.05) is 48.5 Å². The first-order valence-corrected chi connectivity index (χ1v) is 19.8. The van der Waals surface area contributed by atoms with E-state index >= 15 is 0 Å². The topological polar surface area (TPSA) is 56.7 Å². The molecule has 5 nitrogen and oxygen atoms in total. The lowest BCUT2D eigenvalue weighted by molar-refractivity contribution is 0.669. The van der Waals surface area contributed by atoms with Gasteiger partial charge >= 0.3 is 0 Å². The van der Waals surface area contributed by atoms with Gasteiger partial charge in [-0.3, -0.25) is 0 Å². The minimum atomic E-state index is 0.608. The highest BCUT2D eigenvalue weighted by Gasteiger charge is 2.20. The second kappa shape index (κ2) is 12.6. The van der Waals surface area contributed by atoms with Gasteiger partial charge in [-0.1, -0.05) is 121 Å². The molecule has 0 fully saturated rings. The Morgan fingerprint density at radius 1 is 0.386 bits per heavy atom. The number of furan rings is 1. The van der Waals surface area contributed by atoms with Crippen LogP contribution in [0.4, 0.5) is 0 Å². The molecular formula is C51H30N4OS. The van der Waals surface area contributed by atoms with Gasteiger partial charge in [0.25, 0.3) is 0 Å². The first-order chi connectivity index (χ1) is 28.2. The molecule has 12 aromatic rings. The van der Waals surface area contributed by atoms with Crippen molar-refractivity contribution in [2.24, 2.45) is 0 Å². The van der Waals surface area contributed by atoms with E-state index in [0.717, 1.165) is 55.3 Å². The average molecular weight is 747 g/mol. The fourth-order valence-corrected chi connectivity index (χ4v) is 9.61. The minimum absolute atomic E-state index is 0.608. The molecule has 57 heavy (non-hydrogen) atoms. The molecule has 12 rings (SSSR count).